The molecule has 0 saturated carbocycles. The van der Waals surface area contributed by atoms with E-state index in [1.165, 1.54) is 4.31 Å². The van der Waals surface area contributed by atoms with E-state index >= 15 is 0 Å². The average Bonchev–Trinajstić information content (AvgIpc) is 2.13. The van der Waals surface area contributed by atoms with E-state index < -0.39 is 15.6 Å². The van der Waals surface area contributed by atoms with Gasteiger partial charge >= 0.3 is 0 Å². The largest absolute Gasteiger partial charge is 0.329 e. The first-order valence-electron chi connectivity index (χ1n) is 5.02. The van der Waals surface area contributed by atoms with Crippen LogP contribution in [-0.4, -0.2) is 37.1 Å². The van der Waals surface area contributed by atoms with E-state index in [9.17, 15) is 8.42 Å². The highest BCUT2D eigenvalue weighted by Crippen LogP contribution is 2.18. The molecule has 0 heterocycles. The van der Waals surface area contributed by atoms with Gasteiger partial charge in [-0.25, -0.2) is 8.42 Å². The molecule has 0 saturated heterocycles. The summed E-state index contributed by atoms with van der Waals surface area (Å²) in [7, 11) is -3.14. The standard InChI is InChI=1S/C9H22N2O2S/c1-5-7-11(9(3,4)8-10)14(12,13)6-2/h5-8,10H2,1-4H3. The SMILES string of the molecule is CCCN(C(C)(C)CN)S(=O)(=O)CC. The van der Waals surface area contributed by atoms with Crippen LogP contribution < -0.4 is 5.73 Å². The smallest absolute Gasteiger partial charge is 0.214 e. The molecule has 4 nitrogen and oxygen atoms in total. The zero-order valence-corrected chi connectivity index (χ0v) is 10.4. The number of nitrogens with two attached hydrogens (primary N) is 1. The van der Waals surface area contributed by atoms with E-state index in [4.69, 9.17) is 5.73 Å². The van der Waals surface area contributed by atoms with E-state index in [0.717, 1.165) is 6.42 Å². The maximum absolute atomic E-state index is 11.8. The molecule has 0 atom stereocenters. The van der Waals surface area contributed by atoms with Crippen LogP contribution in [0.1, 0.15) is 34.1 Å². The predicted octanol–water partition coefficient (Wildman–Crippen LogP) is 0.785. The van der Waals surface area contributed by atoms with Gasteiger partial charge in [-0.05, 0) is 27.2 Å². The zero-order chi connectivity index (χ0) is 11.4. The van der Waals surface area contributed by atoms with Crippen molar-refractivity contribution in [3.05, 3.63) is 0 Å². The highest BCUT2D eigenvalue weighted by molar-refractivity contribution is 7.89. The number of hydrogen-bond acceptors (Lipinski definition) is 3. The van der Waals surface area contributed by atoms with Crippen LogP contribution in [0.15, 0.2) is 0 Å². The van der Waals surface area contributed by atoms with Gasteiger partial charge in [0.1, 0.15) is 0 Å². The Morgan fingerprint density at radius 2 is 1.79 bits per heavy atom. The van der Waals surface area contributed by atoms with Gasteiger partial charge in [-0.1, -0.05) is 6.92 Å². The molecule has 0 spiro atoms. The second-order valence-corrected chi connectivity index (χ2v) is 6.17. The first-order chi connectivity index (χ1) is 6.31. The Bertz CT molecular complexity index is 260. The Labute approximate surface area is 87.5 Å². The molecule has 0 aliphatic rings. The van der Waals surface area contributed by atoms with Crippen molar-refractivity contribution in [3.63, 3.8) is 0 Å². The third-order valence-corrected chi connectivity index (χ3v) is 4.38. The molecule has 0 aromatic rings. The molecule has 0 aromatic heterocycles. The second kappa shape index (κ2) is 5.09. The fourth-order valence-corrected chi connectivity index (χ4v) is 2.88. The molecule has 0 rings (SSSR count). The van der Waals surface area contributed by atoms with Crippen LogP contribution >= 0.6 is 0 Å². The van der Waals surface area contributed by atoms with Gasteiger partial charge in [0.25, 0.3) is 0 Å². The van der Waals surface area contributed by atoms with Gasteiger partial charge in [0.05, 0.1) is 5.75 Å². The van der Waals surface area contributed by atoms with Crippen molar-refractivity contribution in [1.82, 2.24) is 4.31 Å². The summed E-state index contributed by atoms with van der Waals surface area (Å²) in [5.41, 5.74) is 5.10. The van der Waals surface area contributed by atoms with Crippen LogP contribution in [-0.2, 0) is 10.0 Å². The summed E-state index contributed by atoms with van der Waals surface area (Å²) in [4.78, 5) is 0. The Kier molecular flexibility index (Phi) is 5.05. The fourth-order valence-electron chi connectivity index (χ4n) is 1.28. The first-order valence-corrected chi connectivity index (χ1v) is 6.63. The molecule has 0 aliphatic heterocycles. The summed E-state index contributed by atoms with van der Waals surface area (Å²) in [6.07, 6.45) is 0.808. The van der Waals surface area contributed by atoms with Crippen molar-refractivity contribution in [2.75, 3.05) is 18.8 Å². The maximum Gasteiger partial charge on any atom is 0.214 e. The monoisotopic (exact) mass is 222 g/mol. The topological polar surface area (TPSA) is 63.4 Å². The fraction of sp³-hybridized carbons (Fsp3) is 1.00. The van der Waals surface area contributed by atoms with Crippen molar-refractivity contribution in [3.8, 4) is 0 Å². The number of rotatable bonds is 6. The van der Waals surface area contributed by atoms with Gasteiger partial charge in [0.2, 0.25) is 10.0 Å². The zero-order valence-electron chi connectivity index (χ0n) is 9.58. The van der Waals surface area contributed by atoms with Crippen molar-refractivity contribution in [1.29, 1.82) is 0 Å². The minimum absolute atomic E-state index is 0.135. The van der Waals surface area contributed by atoms with Crippen molar-refractivity contribution in [2.24, 2.45) is 5.73 Å². The van der Waals surface area contributed by atoms with Gasteiger partial charge in [0.15, 0.2) is 0 Å². The molecule has 0 aromatic carbocycles. The maximum atomic E-state index is 11.8. The Balaban J connectivity index is 4.96. The molecule has 0 unspecified atom stereocenters. The molecular formula is C9H22N2O2S. The summed E-state index contributed by atoms with van der Waals surface area (Å²) in [5.74, 6) is 0.135. The molecule has 0 aliphatic carbocycles. The number of hydrogen-bond donors (Lipinski definition) is 1. The highest BCUT2D eigenvalue weighted by Gasteiger charge is 2.33. The van der Waals surface area contributed by atoms with Gasteiger partial charge in [-0.3, -0.25) is 0 Å². The van der Waals surface area contributed by atoms with Gasteiger partial charge < -0.3 is 5.73 Å². The van der Waals surface area contributed by atoms with Crippen molar-refractivity contribution >= 4 is 10.0 Å². The average molecular weight is 222 g/mol. The molecule has 2 N–H and O–H groups in total. The molecule has 14 heavy (non-hydrogen) atoms. The molecule has 0 fully saturated rings. The van der Waals surface area contributed by atoms with Gasteiger partial charge in [-0.15, -0.1) is 0 Å². The minimum Gasteiger partial charge on any atom is -0.329 e. The Morgan fingerprint density at radius 1 is 1.29 bits per heavy atom. The normalized spacial score (nSPS) is 13.6. The lowest BCUT2D eigenvalue weighted by atomic mass is 10.1. The lowest BCUT2D eigenvalue weighted by Gasteiger charge is -2.36. The molecule has 0 amide bonds. The summed E-state index contributed by atoms with van der Waals surface area (Å²) in [5, 5.41) is 0. The number of nitrogens with zero attached hydrogens (tertiary/aromatic N) is 1. The third kappa shape index (κ3) is 3.22. The molecule has 0 radical (unpaired) electrons. The quantitative estimate of drug-likeness (QED) is 0.722. The summed E-state index contributed by atoms with van der Waals surface area (Å²) >= 11 is 0. The van der Waals surface area contributed by atoms with Crippen LogP contribution in [0.25, 0.3) is 0 Å². The van der Waals surface area contributed by atoms with Gasteiger partial charge in [0, 0.05) is 18.6 Å². The molecule has 0 bridgehead atoms. The summed E-state index contributed by atoms with van der Waals surface area (Å²) in [6, 6.07) is 0. The van der Waals surface area contributed by atoms with Crippen LogP contribution in [0.5, 0.6) is 0 Å². The first kappa shape index (κ1) is 13.9. The molecule has 5 heteroatoms. The summed E-state index contributed by atoms with van der Waals surface area (Å²) in [6.45, 7) is 8.22. The molecule has 86 valence electrons. The van der Waals surface area contributed by atoms with E-state index in [1.54, 1.807) is 6.92 Å². The van der Waals surface area contributed by atoms with Crippen LogP contribution in [0.2, 0.25) is 0 Å². The summed E-state index contributed by atoms with van der Waals surface area (Å²) < 4.78 is 25.0. The molecular weight excluding hydrogens is 200 g/mol. The van der Waals surface area contributed by atoms with Crippen LogP contribution in [0, 0.1) is 0 Å². The minimum atomic E-state index is -3.14. The van der Waals surface area contributed by atoms with Crippen molar-refractivity contribution < 1.29 is 8.42 Å². The Morgan fingerprint density at radius 3 is 2.07 bits per heavy atom. The second-order valence-electron chi connectivity index (χ2n) is 3.99. The third-order valence-electron chi connectivity index (χ3n) is 2.30. The van der Waals surface area contributed by atoms with E-state index in [0.29, 0.717) is 13.1 Å². The predicted molar refractivity (Wildman–Crippen MR) is 59.6 cm³/mol. The van der Waals surface area contributed by atoms with Gasteiger partial charge in [-0.2, -0.15) is 4.31 Å². The lowest BCUT2D eigenvalue weighted by molar-refractivity contribution is 0.235. The van der Waals surface area contributed by atoms with Crippen molar-refractivity contribution in [2.45, 2.75) is 39.7 Å². The highest BCUT2D eigenvalue weighted by atomic mass is 32.2. The lowest BCUT2D eigenvalue weighted by Crippen LogP contribution is -2.52. The van der Waals surface area contributed by atoms with E-state index in [-0.39, 0.29) is 5.75 Å². The van der Waals surface area contributed by atoms with Crippen LogP contribution in [0.3, 0.4) is 0 Å². The van der Waals surface area contributed by atoms with E-state index in [1.807, 2.05) is 20.8 Å². The number of sulfonamides is 1. The van der Waals surface area contributed by atoms with Crippen LogP contribution in [0.4, 0.5) is 0 Å². The Hall–Kier alpha value is -0.130. The van der Waals surface area contributed by atoms with E-state index in [2.05, 4.69) is 0 Å².